The molecule has 0 aliphatic heterocycles. The second-order valence-corrected chi connectivity index (χ2v) is 7.87. The lowest BCUT2D eigenvalue weighted by Crippen LogP contribution is -2.50. The summed E-state index contributed by atoms with van der Waals surface area (Å²) in [7, 11) is 2.86. The van der Waals surface area contributed by atoms with Gasteiger partial charge < -0.3 is 24.1 Å². The predicted molar refractivity (Wildman–Crippen MR) is 122 cm³/mol. The first-order valence-electron chi connectivity index (χ1n) is 10.5. The van der Waals surface area contributed by atoms with Crippen LogP contribution in [0.4, 0.5) is 0 Å². The number of carbonyl (C=O) groups is 1. The number of aromatic nitrogens is 2. The van der Waals surface area contributed by atoms with Crippen LogP contribution >= 0.6 is 0 Å². The van der Waals surface area contributed by atoms with Crippen molar-refractivity contribution < 1.29 is 28.8 Å². The van der Waals surface area contributed by atoms with E-state index < -0.39 is 17.7 Å². The van der Waals surface area contributed by atoms with E-state index in [-0.39, 0.29) is 17.8 Å². The van der Waals surface area contributed by atoms with Gasteiger partial charge in [0, 0.05) is 0 Å². The number of carboxylic acids is 1. The maximum absolute atomic E-state index is 12.4. The van der Waals surface area contributed by atoms with E-state index in [1.807, 2.05) is 42.5 Å². The molecule has 0 saturated heterocycles. The van der Waals surface area contributed by atoms with Crippen LogP contribution in [0.2, 0.25) is 0 Å². The van der Waals surface area contributed by atoms with Gasteiger partial charge in [0.15, 0.2) is 5.60 Å². The van der Waals surface area contributed by atoms with Crippen molar-refractivity contribution >= 4 is 5.97 Å². The molecule has 0 bridgehead atoms. The summed E-state index contributed by atoms with van der Waals surface area (Å²) in [6.07, 6.45) is -1.50. The Morgan fingerprint density at radius 3 is 2.00 bits per heavy atom. The molecule has 0 spiro atoms. The van der Waals surface area contributed by atoms with Crippen LogP contribution < -0.4 is 18.9 Å². The van der Waals surface area contributed by atoms with Gasteiger partial charge in [0.1, 0.15) is 5.75 Å². The molecule has 3 rings (SSSR count). The van der Waals surface area contributed by atoms with Gasteiger partial charge in [0.25, 0.3) is 0 Å². The van der Waals surface area contributed by atoms with Gasteiger partial charge in [-0.1, -0.05) is 56.3 Å². The quantitative estimate of drug-likeness (QED) is 0.482. The van der Waals surface area contributed by atoms with Gasteiger partial charge in [-0.2, -0.15) is 9.97 Å². The van der Waals surface area contributed by atoms with E-state index >= 15 is 0 Å². The molecule has 3 aromatic rings. The summed E-state index contributed by atoms with van der Waals surface area (Å²) in [5, 5.41) is 10.2. The van der Waals surface area contributed by atoms with Crippen molar-refractivity contribution in [2.24, 2.45) is 0 Å². The van der Waals surface area contributed by atoms with E-state index in [0.717, 1.165) is 5.56 Å². The van der Waals surface area contributed by atoms with E-state index in [2.05, 4.69) is 23.8 Å². The Bertz CT molecular complexity index is 1050. The van der Waals surface area contributed by atoms with Crippen LogP contribution in [0.1, 0.15) is 37.8 Å². The van der Waals surface area contributed by atoms with Crippen LogP contribution in [0.25, 0.3) is 0 Å². The van der Waals surface area contributed by atoms with Crippen LogP contribution in [-0.4, -0.2) is 41.4 Å². The molecule has 2 unspecified atom stereocenters. The van der Waals surface area contributed by atoms with Crippen LogP contribution in [-0.2, 0) is 10.4 Å². The number of benzene rings is 2. The van der Waals surface area contributed by atoms with Gasteiger partial charge >= 0.3 is 12.0 Å². The van der Waals surface area contributed by atoms with E-state index in [1.165, 1.54) is 20.3 Å². The summed E-state index contributed by atoms with van der Waals surface area (Å²) in [5.41, 5.74) is 0.332. The minimum atomic E-state index is -1.50. The Balaban J connectivity index is 2.04. The van der Waals surface area contributed by atoms with E-state index in [0.29, 0.717) is 17.2 Å². The number of carboxylic acid groups (broad SMARTS) is 1. The first kappa shape index (κ1) is 23.8. The molecule has 0 aliphatic carbocycles. The number of nitrogens with zero attached hydrogens (tertiary/aromatic N) is 2. The highest BCUT2D eigenvalue weighted by Crippen LogP contribution is 2.34. The first-order chi connectivity index (χ1) is 15.8. The predicted octanol–water partition coefficient (Wildman–Crippen LogP) is 4.44. The zero-order valence-electron chi connectivity index (χ0n) is 19.3. The number of ether oxygens (including phenoxy) is 4. The smallest absolute Gasteiger partial charge is 0.349 e. The topological polar surface area (TPSA) is 100 Å². The standard InChI is InChI=1S/C25H28N2O6/c1-16(2)17-11-13-19(14-12-17)33-25(3,18-9-7-6-8-10-18)22(23(28)29)32-24-26-20(30-4)15-21(27-24)31-5/h6-16,22H,1-5H3,(H,28,29). The maximum atomic E-state index is 12.4. The summed E-state index contributed by atoms with van der Waals surface area (Å²) in [4.78, 5) is 20.7. The van der Waals surface area contributed by atoms with Gasteiger partial charge in [-0.15, -0.1) is 0 Å². The van der Waals surface area contributed by atoms with Gasteiger partial charge in [-0.05, 0) is 36.1 Å². The van der Waals surface area contributed by atoms with Gasteiger partial charge in [0.05, 0.1) is 20.3 Å². The molecular weight excluding hydrogens is 424 g/mol. The Labute approximate surface area is 193 Å². The highest BCUT2D eigenvalue weighted by molar-refractivity contribution is 5.75. The molecule has 0 amide bonds. The van der Waals surface area contributed by atoms with Crippen LogP contribution in [0.5, 0.6) is 23.5 Å². The van der Waals surface area contributed by atoms with Crippen molar-refractivity contribution in [3.8, 4) is 23.5 Å². The molecule has 2 aromatic carbocycles. The third kappa shape index (κ3) is 5.52. The first-order valence-corrected chi connectivity index (χ1v) is 10.5. The zero-order valence-corrected chi connectivity index (χ0v) is 19.3. The van der Waals surface area contributed by atoms with Gasteiger partial charge in [0.2, 0.25) is 17.9 Å². The lowest BCUT2D eigenvalue weighted by molar-refractivity contribution is -0.157. The second kappa shape index (κ2) is 10.2. The molecule has 0 saturated carbocycles. The minimum absolute atomic E-state index is 0.174. The zero-order chi connectivity index (χ0) is 24.0. The lowest BCUT2D eigenvalue weighted by Gasteiger charge is -2.35. The molecule has 8 nitrogen and oxygen atoms in total. The monoisotopic (exact) mass is 452 g/mol. The fourth-order valence-corrected chi connectivity index (χ4v) is 3.35. The highest BCUT2D eigenvalue weighted by atomic mass is 16.6. The SMILES string of the molecule is COc1cc(OC)nc(OC(C(=O)O)C(C)(Oc2ccc(C(C)C)cc2)c2ccccc2)n1. The van der Waals surface area contributed by atoms with Crippen molar-refractivity contribution in [3.05, 3.63) is 71.8 Å². The Morgan fingerprint density at radius 1 is 0.939 bits per heavy atom. The number of methoxy groups -OCH3 is 2. The fourth-order valence-electron chi connectivity index (χ4n) is 3.35. The van der Waals surface area contributed by atoms with Crippen LogP contribution in [0.3, 0.4) is 0 Å². The van der Waals surface area contributed by atoms with Crippen LogP contribution in [0.15, 0.2) is 60.7 Å². The Morgan fingerprint density at radius 2 is 1.52 bits per heavy atom. The molecule has 0 fully saturated rings. The minimum Gasteiger partial charge on any atom is -0.481 e. The molecule has 174 valence electrons. The Hall–Kier alpha value is -3.81. The molecule has 1 aromatic heterocycles. The molecule has 33 heavy (non-hydrogen) atoms. The number of aliphatic carboxylic acids is 1. The average molecular weight is 453 g/mol. The summed E-state index contributed by atoms with van der Waals surface area (Å²) < 4.78 is 22.4. The average Bonchev–Trinajstić information content (AvgIpc) is 2.82. The third-order valence-corrected chi connectivity index (χ3v) is 5.25. The summed E-state index contributed by atoms with van der Waals surface area (Å²) in [6, 6.07) is 17.8. The van der Waals surface area contributed by atoms with E-state index in [4.69, 9.17) is 18.9 Å². The van der Waals surface area contributed by atoms with Gasteiger partial charge in [-0.3, -0.25) is 0 Å². The van der Waals surface area contributed by atoms with Crippen molar-refractivity contribution in [2.45, 2.75) is 38.4 Å². The Kier molecular flexibility index (Phi) is 7.37. The van der Waals surface area contributed by atoms with Crippen LogP contribution in [0, 0.1) is 0 Å². The van der Waals surface area contributed by atoms with Crippen molar-refractivity contribution in [1.82, 2.24) is 9.97 Å². The number of hydrogen-bond donors (Lipinski definition) is 1. The molecule has 2 atom stereocenters. The summed E-state index contributed by atoms with van der Waals surface area (Å²) in [5.74, 6) is -0.0367. The fraction of sp³-hybridized carbons (Fsp3) is 0.320. The van der Waals surface area contributed by atoms with Crippen molar-refractivity contribution in [2.75, 3.05) is 14.2 Å². The largest absolute Gasteiger partial charge is 0.481 e. The number of hydrogen-bond acceptors (Lipinski definition) is 7. The molecule has 1 N–H and O–H groups in total. The van der Waals surface area contributed by atoms with Crippen molar-refractivity contribution in [1.29, 1.82) is 0 Å². The van der Waals surface area contributed by atoms with E-state index in [1.54, 1.807) is 19.1 Å². The molecule has 8 heteroatoms. The molecule has 0 aliphatic rings. The lowest BCUT2D eigenvalue weighted by atomic mass is 9.89. The molecule has 0 radical (unpaired) electrons. The summed E-state index contributed by atoms with van der Waals surface area (Å²) >= 11 is 0. The maximum Gasteiger partial charge on any atom is 0.349 e. The number of rotatable bonds is 10. The molecule has 1 heterocycles. The normalized spacial score (nSPS) is 13.6. The summed E-state index contributed by atoms with van der Waals surface area (Å²) in [6.45, 7) is 5.86. The van der Waals surface area contributed by atoms with E-state index in [9.17, 15) is 9.90 Å². The van der Waals surface area contributed by atoms with Crippen molar-refractivity contribution in [3.63, 3.8) is 0 Å². The van der Waals surface area contributed by atoms with Gasteiger partial charge in [-0.25, -0.2) is 4.79 Å². The highest BCUT2D eigenvalue weighted by Gasteiger charge is 2.46. The molecular formula is C25H28N2O6. The second-order valence-electron chi connectivity index (χ2n) is 7.87. The third-order valence-electron chi connectivity index (χ3n) is 5.25.